The number of nitrogens with zero attached hydrogens (tertiary/aromatic N) is 1. The van der Waals surface area contributed by atoms with E-state index in [1.807, 2.05) is 4.90 Å². The number of halogens is 1. The first-order valence-electron chi connectivity index (χ1n) is 9.44. The second-order valence-electron chi connectivity index (χ2n) is 7.27. The van der Waals surface area contributed by atoms with E-state index in [9.17, 15) is 14.0 Å². The number of hydrogen-bond donors (Lipinski definition) is 1. The van der Waals surface area contributed by atoms with Crippen LogP contribution in [0.5, 0.6) is 0 Å². The highest BCUT2D eigenvalue weighted by Crippen LogP contribution is 2.27. The minimum atomic E-state index is -0.257. The van der Waals surface area contributed by atoms with Crippen molar-refractivity contribution in [3.63, 3.8) is 0 Å². The van der Waals surface area contributed by atoms with Gasteiger partial charge in [0.1, 0.15) is 5.82 Å². The standard InChI is InChI=1S/C20H27FN2O2/c21-17-8-5-15(6-9-17)7-10-19(24)22-18-11-13-23(14-12-18)20(25)16-3-1-2-4-16/h5-6,8-9,16,18H,1-4,7,10-14H2,(H,22,24). The minimum absolute atomic E-state index is 0.0323. The molecule has 0 unspecified atom stereocenters. The van der Waals surface area contributed by atoms with E-state index in [1.165, 1.54) is 25.0 Å². The van der Waals surface area contributed by atoms with Crippen molar-refractivity contribution in [3.05, 3.63) is 35.6 Å². The van der Waals surface area contributed by atoms with E-state index in [0.29, 0.717) is 18.7 Å². The van der Waals surface area contributed by atoms with Gasteiger partial charge in [-0.1, -0.05) is 25.0 Å². The Morgan fingerprint density at radius 1 is 1.04 bits per heavy atom. The van der Waals surface area contributed by atoms with Gasteiger partial charge in [0.05, 0.1) is 0 Å². The predicted octanol–water partition coefficient (Wildman–Crippen LogP) is 3.06. The van der Waals surface area contributed by atoms with Gasteiger partial charge in [-0.3, -0.25) is 9.59 Å². The molecular weight excluding hydrogens is 319 g/mol. The molecule has 136 valence electrons. The first-order valence-corrected chi connectivity index (χ1v) is 9.44. The SMILES string of the molecule is O=C(CCc1ccc(F)cc1)NC1CCN(C(=O)C2CCCC2)CC1. The molecule has 1 aromatic rings. The highest BCUT2D eigenvalue weighted by atomic mass is 19.1. The summed E-state index contributed by atoms with van der Waals surface area (Å²) in [4.78, 5) is 26.5. The van der Waals surface area contributed by atoms with Crippen LogP contribution in [0.1, 0.15) is 50.5 Å². The molecule has 0 radical (unpaired) electrons. The summed E-state index contributed by atoms with van der Waals surface area (Å²) in [5, 5.41) is 3.08. The third-order valence-corrected chi connectivity index (χ3v) is 5.43. The van der Waals surface area contributed by atoms with Crippen LogP contribution < -0.4 is 5.32 Å². The average molecular weight is 346 g/mol. The molecule has 1 heterocycles. The smallest absolute Gasteiger partial charge is 0.225 e. The molecule has 0 atom stereocenters. The summed E-state index contributed by atoms with van der Waals surface area (Å²) < 4.78 is 12.9. The summed E-state index contributed by atoms with van der Waals surface area (Å²) in [6.45, 7) is 1.50. The lowest BCUT2D eigenvalue weighted by atomic mass is 10.0. The molecule has 2 fully saturated rings. The number of rotatable bonds is 5. The van der Waals surface area contributed by atoms with Crippen molar-refractivity contribution in [2.45, 2.75) is 57.4 Å². The number of piperidine rings is 1. The molecule has 1 aromatic carbocycles. The summed E-state index contributed by atoms with van der Waals surface area (Å²) in [6.07, 6.45) is 7.13. The quantitative estimate of drug-likeness (QED) is 0.891. The fourth-order valence-corrected chi connectivity index (χ4v) is 3.88. The van der Waals surface area contributed by atoms with Crippen molar-refractivity contribution in [2.24, 2.45) is 5.92 Å². The van der Waals surface area contributed by atoms with Crippen LogP contribution in [0.15, 0.2) is 24.3 Å². The maximum atomic E-state index is 12.9. The first kappa shape index (κ1) is 17.9. The highest BCUT2D eigenvalue weighted by Gasteiger charge is 2.30. The number of benzene rings is 1. The van der Waals surface area contributed by atoms with Gasteiger partial charge < -0.3 is 10.2 Å². The molecule has 5 heteroatoms. The van der Waals surface area contributed by atoms with E-state index in [1.54, 1.807) is 12.1 Å². The van der Waals surface area contributed by atoms with Crippen LogP contribution >= 0.6 is 0 Å². The fourth-order valence-electron chi connectivity index (χ4n) is 3.88. The zero-order valence-corrected chi connectivity index (χ0v) is 14.7. The van der Waals surface area contributed by atoms with Crippen LogP contribution in [0, 0.1) is 11.7 Å². The van der Waals surface area contributed by atoms with Crippen molar-refractivity contribution in [1.29, 1.82) is 0 Å². The third-order valence-electron chi connectivity index (χ3n) is 5.43. The van der Waals surface area contributed by atoms with Gasteiger partial charge in [0, 0.05) is 31.5 Å². The molecule has 1 N–H and O–H groups in total. The summed E-state index contributed by atoms with van der Waals surface area (Å²) in [5.41, 5.74) is 0.966. The van der Waals surface area contributed by atoms with E-state index < -0.39 is 0 Å². The largest absolute Gasteiger partial charge is 0.353 e. The third kappa shape index (κ3) is 5.03. The molecule has 0 spiro atoms. The summed E-state index contributed by atoms with van der Waals surface area (Å²) in [5.74, 6) is 0.331. The van der Waals surface area contributed by atoms with E-state index in [0.717, 1.165) is 44.3 Å². The van der Waals surface area contributed by atoms with Crippen LogP contribution in [0.3, 0.4) is 0 Å². The number of nitrogens with one attached hydrogen (secondary N) is 1. The van der Waals surface area contributed by atoms with Crippen molar-refractivity contribution < 1.29 is 14.0 Å². The Balaban J connectivity index is 1.37. The number of carbonyl (C=O) groups is 2. The van der Waals surface area contributed by atoms with Crippen LogP contribution in [-0.4, -0.2) is 35.8 Å². The average Bonchev–Trinajstić information content (AvgIpc) is 3.16. The predicted molar refractivity (Wildman–Crippen MR) is 94.4 cm³/mol. The van der Waals surface area contributed by atoms with E-state index >= 15 is 0 Å². The topological polar surface area (TPSA) is 49.4 Å². The molecule has 4 nitrogen and oxygen atoms in total. The number of aryl methyl sites for hydroxylation is 1. The van der Waals surface area contributed by atoms with Crippen molar-refractivity contribution in [2.75, 3.05) is 13.1 Å². The number of likely N-dealkylation sites (tertiary alicyclic amines) is 1. The molecule has 25 heavy (non-hydrogen) atoms. The van der Waals surface area contributed by atoms with Gasteiger partial charge in [-0.25, -0.2) is 4.39 Å². The minimum Gasteiger partial charge on any atom is -0.353 e. The molecule has 0 aromatic heterocycles. The zero-order valence-electron chi connectivity index (χ0n) is 14.7. The Morgan fingerprint density at radius 2 is 1.68 bits per heavy atom. The Hall–Kier alpha value is -1.91. The normalized spacial score (nSPS) is 19.2. The summed E-state index contributed by atoms with van der Waals surface area (Å²) >= 11 is 0. The maximum absolute atomic E-state index is 12.9. The molecule has 1 saturated carbocycles. The Bertz CT molecular complexity index is 588. The van der Waals surface area contributed by atoms with Gasteiger partial charge in [-0.05, 0) is 49.8 Å². The van der Waals surface area contributed by atoms with E-state index in [2.05, 4.69) is 5.32 Å². The lowest BCUT2D eigenvalue weighted by Gasteiger charge is -2.34. The van der Waals surface area contributed by atoms with Crippen molar-refractivity contribution in [3.8, 4) is 0 Å². The second kappa shape index (κ2) is 8.45. The van der Waals surface area contributed by atoms with Crippen molar-refractivity contribution >= 4 is 11.8 Å². The van der Waals surface area contributed by atoms with E-state index in [4.69, 9.17) is 0 Å². The Morgan fingerprint density at radius 3 is 2.32 bits per heavy atom. The maximum Gasteiger partial charge on any atom is 0.225 e. The van der Waals surface area contributed by atoms with Gasteiger partial charge in [0.15, 0.2) is 0 Å². The first-order chi connectivity index (χ1) is 12.1. The van der Waals surface area contributed by atoms with Gasteiger partial charge >= 0.3 is 0 Å². The second-order valence-corrected chi connectivity index (χ2v) is 7.27. The Labute approximate surface area is 148 Å². The highest BCUT2D eigenvalue weighted by molar-refractivity contribution is 5.79. The molecule has 2 aliphatic rings. The summed E-state index contributed by atoms with van der Waals surface area (Å²) in [7, 11) is 0. The van der Waals surface area contributed by atoms with Gasteiger partial charge in [0.25, 0.3) is 0 Å². The summed E-state index contributed by atoms with van der Waals surface area (Å²) in [6, 6.07) is 6.44. The number of carbonyl (C=O) groups excluding carboxylic acids is 2. The molecule has 1 aliphatic carbocycles. The van der Waals surface area contributed by atoms with Gasteiger partial charge in [-0.15, -0.1) is 0 Å². The monoisotopic (exact) mass is 346 g/mol. The van der Waals surface area contributed by atoms with Crippen LogP contribution in [0.2, 0.25) is 0 Å². The molecule has 1 saturated heterocycles. The lowest BCUT2D eigenvalue weighted by molar-refractivity contribution is -0.136. The van der Waals surface area contributed by atoms with Crippen LogP contribution in [0.25, 0.3) is 0 Å². The number of amides is 2. The molecular formula is C20H27FN2O2. The molecule has 1 aliphatic heterocycles. The fraction of sp³-hybridized carbons (Fsp3) is 0.600. The zero-order chi connectivity index (χ0) is 17.6. The molecule has 0 bridgehead atoms. The van der Waals surface area contributed by atoms with Crippen LogP contribution in [0.4, 0.5) is 4.39 Å². The number of hydrogen-bond acceptors (Lipinski definition) is 2. The van der Waals surface area contributed by atoms with E-state index in [-0.39, 0.29) is 23.7 Å². The molecule has 3 rings (SSSR count). The lowest BCUT2D eigenvalue weighted by Crippen LogP contribution is -2.47. The van der Waals surface area contributed by atoms with Crippen LogP contribution in [-0.2, 0) is 16.0 Å². The molecule has 2 amide bonds. The Kier molecular flexibility index (Phi) is 6.05. The van der Waals surface area contributed by atoms with Gasteiger partial charge in [-0.2, -0.15) is 0 Å². The van der Waals surface area contributed by atoms with Crippen molar-refractivity contribution in [1.82, 2.24) is 10.2 Å². The van der Waals surface area contributed by atoms with Gasteiger partial charge in [0.2, 0.25) is 11.8 Å².